The number of aromatic hydroxyl groups is 1. The van der Waals surface area contributed by atoms with Crippen molar-refractivity contribution >= 4 is 5.91 Å². The summed E-state index contributed by atoms with van der Waals surface area (Å²) < 4.78 is 13.4. The average Bonchev–Trinajstić information content (AvgIpc) is 2.30. The van der Waals surface area contributed by atoms with Gasteiger partial charge in [-0.15, -0.1) is 0 Å². The maximum absolute atomic E-state index is 13.4. The molecule has 0 aliphatic carbocycles. The Morgan fingerprint density at radius 3 is 2.72 bits per heavy atom. The average molecular weight is 257 g/mol. The molecule has 1 amide bonds. The zero-order valence-electron chi connectivity index (χ0n) is 9.93. The minimum atomic E-state index is -1.45. The lowest BCUT2D eigenvalue weighted by molar-refractivity contribution is -0.119. The number of aliphatic hydroxyl groups excluding tert-OH is 2. The van der Waals surface area contributed by atoms with E-state index in [-0.39, 0.29) is 30.2 Å². The highest BCUT2D eigenvalue weighted by Gasteiger charge is 2.21. The fourth-order valence-corrected chi connectivity index (χ4v) is 1.52. The SMILES string of the molecule is CC(=O)NCCC(O)C(O)c1cc(O)ccc1F. The summed E-state index contributed by atoms with van der Waals surface area (Å²) in [6.07, 6.45) is -2.60. The van der Waals surface area contributed by atoms with Gasteiger partial charge in [-0.3, -0.25) is 4.79 Å². The first-order valence-electron chi connectivity index (χ1n) is 5.50. The van der Waals surface area contributed by atoms with Gasteiger partial charge in [0.15, 0.2) is 0 Å². The number of nitrogens with one attached hydrogen (secondary N) is 1. The van der Waals surface area contributed by atoms with Gasteiger partial charge in [0, 0.05) is 19.0 Å². The van der Waals surface area contributed by atoms with Crippen LogP contribution in [0.4, 0.5) is 4.39 Å². The maximum atomic E-state index is 13.4. The molecule has 0 spiro atoms. The molecule has 100 valence electrons. The molecule has 0 bridgehead atoms. The molecule has 0 radical (unpaired) electrons. The van der Waals surface area contributed by atoms with Gasteiger partial charge in [0.05, 0.1) is 6.10 Å². The van der Waals surface area contributed by atoms with Crippen LogP contribution in [0.15, 0.2) is 18.2 Å². The topological polar surface area (TPSA) is 89.8 Å². The summed E-state index contributed by atoms with van der Waals surface area (Å²) in [5.74, 6) is -1.15. The Morgan fingerprint density at radius 1 is 1.44 bits per heavy atom. The predicted molar refractivity (Wildman–Crippen MR) is 62.3 cm³/mol. The Kier molecular flexibility index (Phi) is 5.06. The molecule has 1 aromatic carbocycles. The molecule has 5 nitrogen and oxygen atoms in total. The number of hydrogen-bond donors (Lipinski definition) is 4. The number of carbonyl (C=O) groups excluding carboxylic acids is 1. The third-order valence-corrected chi connectivity index (χ3v) is 2.48. The van der Waals surface area contributed by atoms with Crippen molar-refractivity contribution in [1.82, 2.24) is 5.32 Å². The van der Waals surface area contributed by atoms with Crippen molar-refractivity contribution in [1.29, 1.82) is 0 Å². The Hall–Kier alpha value is -1.66. The first kappa shape index (κ1) is 14.4. The molecule has 0 aliphatic heterocycles. The number of hydrogen-bond acceptors (Lipinski definition) is 4. The lowest BCUT2D eigenvalue weighted by Gasteiger charge is -2.18. The molecule has 18 heavy (non-hydrogen) atoms. The summed E-state index contributed by atoms with van der Waals surface area (Å²) in [4.78, 5) is 10.6. The summed E-state index contributed by atoms with van der Waals surface area (Å²) in [5, 5.41) is 31.1. The normalized spacial score (nSPS) is 14.0. The first-order chi connectivity index (χ1) is 8.41. The Balaban J connectivity index is 2.64. The first-order valence-corrected chi connectivity index (χ1v) is 5.50. The third kappa shape index (κ3) is 3.97. The van der Waals surface area contributed by atoms with Crippen LogP contribution in [0.1, 0.15) is 25.0 Å². The molecular weight excluding hydrogens is 241 g/mol. The zero-order chi connectivity index (χ0) is 13.7. The number of phenols is 1. The highest BCUT2D eigenvalue weighted by molar-refractivity contribution is 5.72. The van der Waals surface area contributed by atoms with Crippen molar-refractivity contribution < 1.29 is 24.5 Å². The molecule has 0 aliphatic rings. The molecule has 0 saturated carbocycles. The highest BCUT2D eigenvalue weighted by Crippen LogP contribution is 2.25. The van der Waals surface area contributed by atoms with Gasteiger partial charge in [0.1, 0.15) is 17.7 Å². The van der Waals surface area contributed by atoms with Crippen LogP contribution in [-0.2, 0) is 4.79 Å². The van der Waals surface area contributed by atoms with E-state index >= 15 is 0 Å². The third-order valence-electron chi connectivity index (χ3n) is 2.48. The second kappa shape index (κ2) is 6.32. The van der Waals surface area contributed by atoms with Crippen LogP contribution in [0.5, 0.6) is 5.75 Å². The Labute approximate surface area is 104 Å². The van der Waals surface area contributed by atoms with Crippen molar-refractivity contribution in [3.63, 3.8) is 0 Å². The van der Waals surface area contributed by atoms with Gasteiger partial charge in [-0.25, -0.2) is 4.39 Å². The number of amides is 1. The second-order valence-corrected chi connectivity index (χ2v) is 3.99. The minimum absolute atomic E-state index is 0.0792. The van der Waals surface area contributed by atoms with Crippen LogP contribution in [0, 0.1) is 5.82 Å². The van der Waals surface area contributed by atoms with Crippen LogP contribution in [0.2, 0.25) is 0 Å². The van der Waals surface area contributed by atoms with E-state index in [4.69, 9.17) is 0 Å². The second-order valence-electron chi connectivity index (χ2n) is 3.99. The quantitative estimate of drug-likeness (QED) is 0.616. The fourth-order valence-electron chi connectivity index (χ4n) is 1.52. The molecule has 6 heteroatoms. The van der Waals surface area contributed by atoms with Crippen LogP contribution < -0.4 is 5.32 Å². The molecule has 0 fully saturated rings. The Bertz CT molecular complexity index is 425. The highest BCUT2D eigenvalue weighted by atomic mass is 19.1. The van der Waals surface area contributed by atoms with Gasteiger partial charge in [0.25, 0.3) is 0 Å². The lowest BCUT2D eigenvalue weighted by atomic mass is 10.0. The number of rotatable bonds is 5. The van der Waals surface area contributed by atoms with Crippen molar-refractivity contribution in [2.45, 2.75) is 25.6 Å². The molecular formula is C12H16FNO4. The standard InChI is InChI=1S/C12H16FNO4/c1-7(15)14-5-4-11(17)12(18)9-6-8(16)2-3-10(9)13/h2-3,6,11-12,16-18H,4-5H2,1H3,(H,14,15). The number of aliphatic hydroxyl groups is 2. The number of carbonyl (C=O) groups is 1. The predicted octanol–water partition coefficient (Wildman–Crippen LogP) is 0.452. The molecule has 2 atom stereocenters. The van der Waals surface area contributed by atoms with Gasteiger partial charge >= 0.3 is 0 Å². The van der Waals surface area contributed by atoms with E-state index in [2.05, 4.69) is 5.32 Å². The summed E-state index contributed by atoms with van der Waals surface area (Å²) in [5.41, 5.74) is -0.176. The van der Waals surface area contributed by atoms with Crippen molar-refractivity contribution in [2.24, 2.45) is 0 Å². The van der Waals surface area contributed by atoms with E-state index in [1.807, 2.05) is 0 Å². The molecule has 4 N–H and O–H groups in total. The van der Waals surface area contributed by atoms with E-state index in [0.29, 0.717) is 0 Å². The van der Waals surface area contributed by atoms with Crippen molar-refractivity contribution in [3.05, 3.63) is 29.6 Å². The fraction of sp³-hybridized carbons (Fsp3) is 0.417. The molecule has 0 saturated heterocycles. The summed E-state index contributed by atoms with van der Waals surface area (Å²) >= 11 is 0. The van der Waals surface area contributed by atoms with Gasteiger partial charge < -0.3 is 20.6 Å². The van der Waals surface area contributed by atoms with Crippen LogP contribution in [0.3, 0.4) is 0 Å². The largest absolute Gasteiger partial charge is 0.508 e. The number of phenolic OH excluding ortho intramolecular Hbond substituents is 1. The van der Waals surface area contributed by atoms with Crippen LogP contribution in [-0.4, -0.2) is 33.9 Å². The monoisotopic (exact) mass is 257 g/mol. The molecule has 0 heterocycles. The van der Waals surface area contributed by atoms with Crippen molar-refractivity contribution in [2.75, 3.05) is 6.54 Å². The summed E-state index contributed by atoms with van der Waals surface area (Å²) in [6.45, 7) is 1.51. The van der Waals surface area contributed by atoms with E-state index < -0.39 is 18.0 Å². The zero-order valence-corrected chi connectivity index (χ0v) is 9.93. The van der Waals surface area contributed by atoms with E-state index in [9.17, 15) is 24.5 Å². The van der Waals surface area contributed by atoms with Gasteiger partial charge in [-0.2, -0.15) is 0 Å². The summed E-state index contributed by atoms with van der Waals surface area (Å²) in [6, 6.07) is 3.21. The molecule has 1 rings (SSSR count). The molecule has 2 unspecified atom stereocenters. The Morgan fingerprint density at radius 2 is 2.11 bits per heavy atom. The molecule has 0 aromatic heterocycles. The lowest BCUT2D eigenvalue weighted by Crippen LogP contribution is -2.28. The number of benzene rings is 1. The summed E-state index contributed by atoms with van der Waals surface area (Å²) in [7, 11) is 0. The minimum Gasteiger partial charge on any atom is -0.508 e. The molecule has 1 aromatic rings. The van der Waals surface area contributed by atoms with Gasteiger partial charge in [0.2, 0.25) is 5.91 Å². The van der Waals surface area contributed by atoms with Gasteiger partial charge in [-0.1, -0.05) is 0 Å². The van der Waals surface area contributed by atoms with E-state index in [0.717, 1.165) is 18.2 Å². The van der Waals surface area contributed by atoms with Gasteiger partial charge in [-0.05, 0) is 24.6 Å². The maximum Gasteiger partial charge on any atom is 0.216 e. The van der Waals surface area contributed by atoms with Crippen molar-refractivity contribution in [3.8, 4) is 5.75 Å². The smallest absolute Gasteiger partial charge is 0.216 e. The number of halogens is 1. The van der Waals surface area contributed by atoms with Crippen LogP contribution >= 0.6 is 0 Å². The van der Waals surface area contributed by atoms with E-state index in [1.165, 1.54) is 6.92 Å². The van der Waals surface area contributed by atoms with Crippen LogP contribution in [0.25, 0.3) is 0 Å². The van der Waals surface area contributed by atoms with E-state index in [1.54, 1.807) is 0 Å².